The van der Waals surface area contributed by atoms with Gasteiger partial charge in [-0.15, -0.1) is 0 Å². The Labute approximate surface area is 85.1 Å². The van der Waals surface area contributed by atoms with E-state index in [1.54, 1.807) is 24.3 Å². The lowest BCUT2D eigenvalue weighted by Crippen LogP contribution is -2.36. The van der Waals surface area contributed by atoms with Gasteiger partial charge in [-0.25, -0.2) is 0 Å². The normalized spacial score (nSPS) is 11.5. The minimum Gasteiger partial charge on any atom is -0.277 e. The van der Waals surface area contributed by atoms with E-state index in [9.17, 15) is 8.42 Å². The second kappa shape index (κ2) is 3.41. The highest BCUT2D eigenvalue weighted by atomic mass is 32.2. The lowest BCUT2D eigenvalue weighted by Gasteiger charge is -1.88. The van der Waals surface area contributed by atoms with Gasteiger partial charge in [0.2, 0.25) is 0 Å². The van der Waals surface area contributed by atoms with Gasteiger partial charge in [0.05, 0.1) is 5.10 Å². The van der Waals surface area contributed by atoms with Gasteiger partial charge >= 0.3 is 15.3 Å². The zero-order chi connectivity index (χ0) is 10.9. The first-order valence-corrected chi connectivity index (χ1v) is 5.39. The molecule has 2 rings (SSSR count). The number of para-hydroxylation sites is 1. The Bertz CT molecular complexity index is 563. The summed E-state index contributed by atoms with van der Waals surface area (Å²) in [5, 5.41) is 8.60. The third kappa shape index (κ3) is 2.00. The molecule has 0 unspecified atom stereocenters. The fraction of sp³-hybridized carbons (Fsp3) is 0. The van der Waals surface area contributed by atoms with Crippen LogP contribution < -0.4 is 4.80 Å². The van der Waals surface area contributed by atoms with Gasteiger partial charge in [-0.3, -0.25) is 4.55 Å². The Balaban J connectivity index is 2.46. The molecular formula is C7H7N4O3S+. The molecule has 0 bridgehead atoms. The highest BCUT2D eigenvalue weighted by molar-refractivity contribution is 7.85. The van der Waals surface area contributed by atoms with Crippen molar-refractivity contribution < 1.29 is 17.8 Å². The van der Waals surface area contributed by atoms with Gasteiger partial charge < -0.3 is 0 Å². The van der Waals surface area contributed by atoms with Gasteiger partial charge in [-0.05, 0) is 22.1 Å². The number of hydrogen-bond donors (Lipinski definition) is 2. The number of benzene rings is 1. The number of tetrazole rings is 1. The molecule has 78 valence electrons. The highest BCUT2D eigenvalue weighted by Crippen LogP contribution is 1.98. The molecule has 1 aromatic heterocycles. The average molecular weight is 227 g/mol. The van der Waals surface area contributed by atoms with Crippen LogP contribution in [0, 0.1) is 0 Å². The summed E-state index contributed by atoms with van der Waals surface area (Å²) in [7, 11) is -4.36. The minimum absolute atomic E-state index is 0.611. The van der Waals surface area contributed by atoms with Crippen molar-refractivity contribution in [2.24, 2.45) is 0 Å². The van der Waals surface area contributed by atoms with E-state index in [0.29, 0.717) is 5.69 Å². The molecule has 1 aromatic carbocycles. The van der Waals surface area contributed by atoms with Crippen molar-refractivity contribution in [3.8, 4) is 5.69 Å². The maximum Gasteiger partial charge on any atom is 0.448 e. The predicted molar refractivity (Wildman–Crippen MR) is 47.7 cm³/mol. The molecule has 0 aliphatic carbocycles. The van der Waals surface area contributed by atoms with Gasteiger partial charge in [-0.1, -0.05) is 18.2 Å². The van der Waals surface area contributed by atoms with Crippen molar-refractivity contribution in [2.45, 2.75) is 5.16 Å². The molecule has 0 radical (unpaired) electrons. The Morgan fingerprint density at radius 2 is 1.93 bits per heavy atom. The van der Waals surface area contributed by atoms with Crippen LogP contribution in [0.25, 0.3) is 5.69 Å². The van der Waals surface area contributed by atoms with E-state index in [0.717, 1.165) is 4.80 Å². The minimum atomic E-state index is -4.36. The summed E-state index contributed by atoms with van der Waals surface area (Å²) in [6.07, 6.45) is 0. The summed E-state index contributed by atoms with van der Waals surface area (Å²) in [6, 6.07) is 8.75. The molecule has 0 aliphatic rings. The fourth-order valence-electron chi connectivity index (χ4n) is 1.01. The van der Waals surface area contributed by atoms with Gasteiger partial charge in [0.25, 0.3) is 0 Å². The molecule has 8 heteroatoms. The molecule has 0 saturated carbocycles. The van der Waals surface area contributed by atoms with E-state index in [2.05, 4.69) is 15.4 Å². The van der Waals surface area contributed by atoms with Crippen LogP contribution in [0.4, 0.5) is 0 Å². The third-order valence-corrected chi connectivity index (χ3v) is 2.29. The van der Waals surface area contributed by atoms with Crippen molar-refractivity contribution in [3.05, 3.63) is 30.3 Å². The van der Waals surface area contributed by atoms with Gasteiger partial charge in [0, 0.05) is 5.10 Å². The number of rotatable bonds is 2. The third-order valence-electron chi connectivity index (χ3n) is 1.66. The first-order valence-electron chi connectivity index (χ1n) is 3.95. The van der Waals surface area contributed by atoms with Gasteiger partial charge in [0.15, 0.2) is 5.69 Å². The summed E-state index contributed by atoms with van der Waals surface area (Å²) in [4.78, 5) is 1.14. The summed E-state index contributed by atoms with van der Waals surface area (Å²) in [6.45, 7) is 0. The number of nitrogens with zero attached hydrogens (tertiary/aromatic N) is 3. The molecule has 15 heavy (non-hydrogen) atoms. The monoisotopic (exact) mass is 227 g/mol. The Hall–Kier alpha value is -1.80. The lowest BCUT2D eigenvalue weighted by atomic mass is 10.3. The fourth-order valence-corrected chi connectivity index (χ4v) is 1.36. The van der Waals surface area contributed by atoms with E-state index < -0.39 is 15.3 Å². The smallest absolute Gasteiger partial charge is 0.277 e. The second-order valence-corrected chi connectivity index (χ2v) is 4.03. The molecule has 0 amide bonds. The number of hydrogen-bond acceptors (Lipinski definition) is 4. The van der Waals surface area contributed by atoms with Crippen LogP contribution in [0.15, 0.2) is 35.5 Å². The molecule has 2 N–H and O–H groups in total. The summed E-state index contributed by atoms with van der Waals surface area (Å²) < 4.78 is 30.0. The highest BCUT2D eigenvalue weighted by Gasteiger charge is 2.25. The van der Waals surface area contributed by atoms with Crippen molar-refractivity contribution in [1.29, 1.82) is 0 Å². The molecule has 0 saturated heterocycles. The quantitative estimate of drug-likeness (QED) is 0.523. The van der Waals surface area contributed by atoms with Gasteiger partial charge in [0.1, 0.15) is 0 Å². The first kappa shape index (κ1) is 9.74. The average Bonchev–Trinajstić information content (AvgIpc) is 2.67. The number of aromatic amines is 1. The van der Waals surface area contributed by atoms with Gasteiger partial charge in [-0.2, -0.15) is 8.42 Å². The number of H-pyrrole nitrogens is 1. The summed E-state index contributed by atoms with van der Waals surface area (Å²) in [5.41, 5.74) is 0.611. The van der Waals surface area contributed by atoms with Crippen LogP contribution in [0.1, 0.15) is 0 Å². The van der Waals surface area contributed by atoms with E-state index in [1.807, 2.05) is 6.07 Å². The zero-order valence-corrected chi connectivity index (χ0v) is 8.22. The maximum atomic E-state index is 10.7. The van der Waals surface area contributed by atoms with Crippen LogP contribution in [0.5, 0.6) is 0 Å². The Kier molecular flexibility index (Phi) is 2.21. The summed E-state index contributed by atoms with van der Waals surface area (Å²) >= 11 is 0. The lowest BCUT2D eigenvalue weighted by molar-refractivity contribution is -0.718. The molecule has 1 heterocycles. The Morgan fingerprint density at radius 1 is 1.27 bits per heavy atom. The van der Waals surface area contributed by atoms with Crippen molar-refractivity contribution in [1.82, 2.24) is 15.4 Å². The molecule has 0 fully saturated rings. The van der Waals surface area contributed by atoms with Crippen LogP contribution in [-0.4, -0.2) is 28.4 Å². The molecule has 0 atom stereocenters. The molecule has 0 aliphatic heterocycles. The molecule has 2 aromatic rings. The zero-order valence-electron chi connectivity index (χ0n) is 7.40. The molecule has 7 nitrogen and oxygen atoms in total. The molecular weight excluding hydrogens is 220 g/mol. The van der Waals surface area contributed by atoms with Crippen LogP contribution in [0.2, 0.25) is 0 Å². The van der Waals surface area contributed by atoms with E-state index in [-0.39, 0.29) is 0 Å². The van der Waals surface area contributed by atoms with Crippen LogP contribution in [-0.2, 0) is 10.1 Å². The topological polar surface area (TPSA) is 99.8 Å². The van der Waals surface area contributed by atoms with E-state index in [1.165, 1.54) is 0 Å². The van der Waals surface area contributed by atoms with Crippen LogP contribution >= 0.6 is 0 Å². The van der Waals surface area contributed by atoms with Crippen LogP contribution in [0.3, 0.4) is 0 Å². The summed E-state index contributed by atoms with van der Waals surface area (Å²) in [5.74, 6) is 0. The standard InChI is InChI=1S/C7H6N4O3S/c12-15(13,14)7-8-10-11(9-7)6-4-2-1-3-5-6/h1-5H,(H,12,13,14)/p+1. The van der Waals surface area contributed by atoms with E-state index in [4.69, 9.17) is 4.55 Å². The van der Waals surface area contributed by atoms with Crippen molar-refractivity contribution in [2.75, 3.05) is 0 Å². The second-order valence-electron chi connectivity index (χ2n) is 2.72. The largest absolute Gasteiger partial charge is 0.448 e. The maximum absolute atomic E-state index is 10.7. The predicted octanol–water partition coefficient (Wildman–Crippen LogP) is -0.672. The Morgan fingerprint density at radius 3 is 2.47 bits per heavy atom. The number of aromatic nitrogens is 4. The van der Waals surface area contributed by atoms with Crippen molar-refractivity contribution in [3.63, 3.8) is 0 Å². The van der Waals surface area contributed by atoms with E-state index >= 15 is 0 Å². The molecule has 0 spiro atoms. The first-order chi connectivity index (χ1) is 7.07. The number of nitrogens with one attached hydrogen (secondary N) is 1. The van der Waals surface area contributed by atoms with Crippen molar-refractivity contribution >= 4 is 10.1 Å². The SMILES string of the molecule is O=S(=O)(O)c1n[nH][n+](-c2ccccc2)n1.